The molecule has 0 radical (unpaired) electrons. The van der Waals surface area contributed by atoms with Crippen LogP contribution in [0.2, 0.25) is 0 Å². The van der Waals surface area contributed by atoms with E-state index in [2.05, 4.69) is 10.4 Å². The van der Waals surface area contributed by atoms with Crippen LogP contribution < -0.4 is 11.1 Å². The van der Waals surface area contributed by atoms with E-state index in [4.69, 9.17) is 5.73 Å². The first-order chi connectivity index (χ1) is 8.25. The van der Waals surface area contributed by atoms with Crippen molar-refractivity contribution in [1.29, 1.82) is 0 Å². The highest BCUT2D eigenvalue weighted by atomic mass is 16.1. The van der Waals surface area contributed by atoms with Gasteiger partial charge in [-0.2, -0.15) is 5.10 Å². The van der Waals surface area contributed by atoms with E-state index < -0.39 is 0 Å². The number of carbonyl (C=O) groups is 1. The second-order valence-electron chi connectivity index (χ2n) is 4.64. The molecule has 5 heteroatoms. The third kappa shape index (κ3) is 3.56. The topological polar surface area (TPSA) is 72.9 Å². The Labute approximate surface area is 101 Å². The average molecular weight is 236 g/mol. The first kappa shape index (κ1) is 12.1. The molecule has 1 amide bonds. The summed E-state index contributed by atoms with van der Waals surface area (Å²) in [5, 5.41) is 7.09. The standard InChI is InChI=1S/C12H20N4O/c13-10-4-1-2-5-11(10)15-12(17)6-9-16-8-3-7-14-16/h3,7-8,10-11H,1-2,4-6,9,13H2,(H,15,17). The molecule has 1 aromatic heterocycles. The van der Waals surface area contributed by atoms with Gasteiger partial charge in [0.15, 0.2) is 0 Å². The van der Waals surface area contributed by atoms with E-state index in [0.29, 0.717) is 13.0 Å². The number of aromatic nitrogens is 2. The third-order valence-electron chi connectivity index (χ3n) is 3.29. The lowest BCUT2D eigenvalue weighted by molar-refractivity contribution is -0.122. The van der Waals surface area contributed by atoms with Crippen molar-refractivity contribution in [1.82, 2.24) is 15.1 Å². The van der Waals surface area contributed by atoms with Gasteiger partial charge in [0.1, 0.15) is 0 Å². The van der Waals surface area contributed by atoms with Gasteiger partial charge in [0.2, 0.25) is 5.91 Å². The zero-order valence-electron chi connectivity index (χ0n) is 10.0. The maximum atomic E-state index is 11.7. The van der Waals surface area contributed by atoms with Crippen molar-refractivity contribution in [3.8, 4) is 0 Å². The highest BCUT2D eigenvalue weighted by molar-refractivity contribution is 5.76. The summed E-state index contributed by atoms with van der Waals surface area (Å²) in [7, 11) is 0. The zero-order valence-corrected chi connectivity index (χ0v) is 10.0. The Morgan fingerprint density at radius 3 is 3.00 bits per heavy atom. The fourth-order valence-corrected chi connectivity index (χ4v) is 2.27. The molecule has 2 atom stereocenters. The van der Waals surface area contributed by atoms with Gasteiger partial charge in [-0.15, -0.1) is 0 Å². The van der Waals surface area contributed by atoms with Crippen LogP contribution in [-0.4, -0.2) is 27.8 Å². The van der Waals surface area contributed by atoms with E-state index in [0.717, 1.165) is 19.3 Å². The fraction of sp³-hybridized carbons (Fsp3) is 0.667. The summed E-state index contributed by atoms with van der Waals surface area (Å²) >= 11 is 0. The lowest BCUT2D eigenvalue weighted by Crippen LogP contribution is -2.49. The van der Waals surface area contributed by atoms with Crippen LogP contribution in [0.1, 0.15) is 32.1 Å². The molecule has 1 aromatic rings. The summed E-state index contributed by atoms with van der Waals surface area (Å²) in [6.45, 7) is 0.626. The minimum absolute atomic E-state index is 0.0721. The monoisotopic (exact) mass is 236 g/mol. The van der Waals surface area contributed by atoms with Crippen molar-refractivity contribution in [2.24, 2.45) is 5.73 Å². The van der Waals surface area contributed by atoms with Crippen molar-refractivity contribution >= 4 is 5.91 Å². The molecule has 94 valence electrons. The van der Waals surface area contributed by atoms with Crippen LogP contribution in [-0.2, 0) is 11.3 Å². The molecular weight excluding hydrogens is 216 g/mol. The van der Waals surface area contributed by atoms with Crippen molar-refractivity contribution in [2.75, 3.05) is 0 Å². The maximum Gasteiger partial charge on any atom is 0.222 e. The largest absolute Gasteiger partial charge is 0.352 e. The Hall–Kier alpha value is -1.36. The number of amides is 1. The average Bonchev–Trinajstić information content (AvgIpc) is 2.82. The summed E-state index contributed by atoms with van der Waals surface area (Å²) in [6.07, 6.45) is 8.41. The minimum atomic E-state index is 0.0721. The van der Waals surface area contributed by atoms with E-state index in [-0.39, 0.29) is 18.0 Å². The second-order valence-corrected chi connectivity index (χ2v) is 4.64. The van der Waals surface area contributed by atoms with Crippen LogP contribution in [0.25, 0.3) is 0 Å². The van der Waals surface area contributed by atoms with Crippen LogP contribution in [0.5, 0.6) is 0 Å². The summed E-state index contributed by atoms with van der Waals surface area (Å²) in [5.74, 6) is 0.0721. The predicted octanol–water partition coefficient (Wildman–Crippen LogP) is 0.659. The van der Waals surface area contributed by atoms with Crippen LogP contribution in [0.15, 0.2) is 18.5 Å². The molecule has 0 aliphatic heterocycles. The fourth-order valence-electron chi connectivity index (χ4n) is 2.27. The minimum Gasteiger partial charge on any atom is -0.352 e. The third-order valence-corrected chi connectivity index (χ3v) is 3.29. The predicted molar refractivity (Wildman–Crippen MR) is 65.2 cm³/mol. The van der Waals surface area contributed by atoms with E-state index in [1.807, 2.05) is 12.3 Å². The maximum absolute atomic E-state index is 11.7. The number of aryl methyl sites for hydroxylation is 1. The Kier molecular flexibility index (Phi) is 4.14. The highest BCUT2D eigenvalue weighted by Crippen LogP contribution is 2.16. The van der Waals surface area contributed by atoms with Gasteiger partial charge in [-0.25, -0.2) is 0 Å². The van der Waals surface area contributed by atoms with Gasteiger partial charge in [0, 0.05) is 37.4 Å². The number of nitrogens with one attached hydrogen (secondary N) is 1. The number of rotatable bonds is 4. The van der Waals surface area contributed by atoms with Gasteiger partial charge < -0.3 is 11.1 Å². The van der Waals surface area contributed by atoms with E-state index in [9.17, 15) is 4.79 Å². The quantitative estimate of drug-likeness (QED) is 0.806. The Morgan fingerprint density at radius 1 is 1.47 bits per heavy atom. The molecule has 17 heavy (non-hydrogen) atoms. The molecule has 0 spiro atoms. The van der Waals surface area contributed by atoms with E-state index >= 15 is 0 Å². The molecule has 1 heterocycles. The number of nitrogens with zero attached hydrogens (tertiary/aromatic N) is 2. The van der Waals surface area contributed by atoms with Gasteiger partial charge >= 0.3 is 0 Å². The van der Waals surface area contributed by atoms with Gasteiger partial charge in [-0.05, 0) is 18.9 Å². The van der Waals surface area contributed by atoms with Crippen molar-refractivity contribution < 1.29 is 4.79 Å². The van der Waals surface area contributed by atoms with E-state index in [1.165, 1.54) is 6.42 Å². The molecule has 1 aliphatic carbocycles. The van der Waals surface area contributed by atoms with Crippen LogP contribution in [0, 0.1) is 0 Å². The molecule has 0 bridgehead atoms. The summed E-state index contributed by atoms with van der Waals surface area (Å²) in [6, 6.07) is 2.14. The number of hydrogen-bond donors (Lipinski definition) is 2. The SMILES string of the molecule is NC1CCCCC1NC(=O)CCn1cccn1. The highest BCUT2D eigenvalue weighted by Gasteiger charge is 2.22. The lowest BCUT2D eigenvalue weighted by Gasteiger charge is -2.29. The van der Waals surface area contributed by atoms with Crippen LogP contribution in [0.3, 0.4) is 0 Å². The Balaban J connectivity index is 1.73. The molecule has 2 rings (SSSR count). The molecule has 0 saturated heterocycles. The van der Waals surface area contributed by atoms with Gasteiger partial charge in [0.25, 0.3) is 0 Å². The molecule has 1 saturated carbocycles. The summed E-state index contributed by atoms with van der Waals surface area (Å²) < 4.78 is 1.76. The number of carbonyl (C=O) groups excluding carboxylic acids is 1. The van der Waals surface area contributed by atoms with Gasteiger partial charge in [-0.1, -0.05) is 12.8 Å². The van der Waals surface area contributed by atoms with Crippen molar-refractivity contribution in [3.05, 3.63) is 18.5 Å². The first-order valence-electron chi connectivity index (χ1n) is 6.28. The molecule has 1 fully saturated rings. The van der Waals surface area contributed by atoms with Gasteiger partial charge in [-0.3, -0.25) is 9.48 Å². The molecule has 3 N–H and O–H groups in total. The molecule has 0 aromatic carbocycles. The lowest BCUT2D eigenvalue weighted by atomic mass is 9.91. The zero-order chi connectivity index (χ0) is 12.1. The molecule has 5 nitrogen and oxygen atoms in total. The number of nitrogens with two attached hydrogens (primary N) is 1. The smallest absolute Gasteiger partial charge is 0.222 e. The molecule has 1 aliphatic rings. The van der Waals surface area contributed by atoms with Crippen molar-refractivity contribution in [2.45, 2.75) is 50.7 Å². The van der Waals surface area contributed by atoms with Crippen LogP contribution in [0.4, 0.5) is 0 Å². The number of hydrogen-bond acceptors (Lipinski definition) is 3. The molecular formula is C12H20N4O. The van der Waals surface area contributed by atoms with E-state index in [1.54, 1.807) is 10.9 Å². The van der Waals surface area contributed by atoms with Gasteiger partial charge in [0.05, 0.1) is 0 Å². The Bertz CT molecular complexity index is 349. The molecule has 2 unspecified atom stereocenters. The normalized spacial score (nSPS) is 24.5. The van der Waals surface area contributed by atoms with Crippen LogP contribution >= 0.6 is 0 Å². The van der Waals surface area contributed by atoms with Crippen molar-refractivity contribution in [3.63, 3.8) is 0 Å². The summed E-state index contributed by atoms with van der Waals surface area (Å²) in [4.78, 5) is 11.7. The summed E-state index contributed by atoms with van der Waals surface area (Å²) in [5.41, 5.74) is 5.99. The first-order valence-corrected chi connectivity index (χ1v) is 6.28. The second kappa shape index (κ2) is 5.82. The Morgan fingerprint density at radius 2 is 2.29 bits per heavy atom.